The van der Waals surface area contributed by atoms with Crippen LogP contribution in [0.3, 0.4) is 0 Å². The Bertz CT molecular complexity index is 1190. The van der Waals surface area contributed by atoms with Crippen LogP contribution in [0, 0.1) is 6.92 Å². The number of aryl methyl sites for hydroxylation is 1. The van der Waals surface area contributed by atoms with E-state index in [1.807, 2.05) is 13.8 Å². The third kappa shape index (κ3) is 2.13. The van der Waals surface area contributed by atoms with Gasteiger partial charge in [0.15, 0.2) is 0 Å². The maximum Gasteiger partial charge on any atom is 0.121 e. The summed E-state index contributed by atoms with van der Waals surface area (Å²) in [5.41, 5.74) is 6.83. The SMILES string of the molecule is CC1=NC2C3=C(C=C(c4cc5c(ccc6[nH]c(C)nc65)[nH]4)C2N1)OCCC3. The number of fused-ring (bicyclic) bond motifs is 5. The van der Waals surface area contributed by atoms with Gasteiger partial charge in [-0.1, -0.05) is 0 Å². The zero-order valence-corrected chi connectivity index (χ0v) is 15.4. The summed E-state index contributed by atoms with van der Waals surface area (Å²) in [6.07, 6.45) is 4.34. The Kier molecular flexibility index (Phi) is 2.93. The minimum absolute atomic E-state index is 0.138. The lowest BCUT2D eigenvalue weighted by molar-refractivity contribution is 0.194. The predicted molar refractivity (Wildman–Crippen MR) is 107 cm³/mol. The van der Waals surface area contributed by atoms with Gasteiger partial charge in [-0.2, -0.15) is 0 Å². The first-order valence-corrected chi connectivity index (χ1v) is 9.54. The molecule has 1 aliphatic carbocycles. The molecule has 0 spiro atoms. The molecule has 2 aliphatic heterocycles. The number of aliphatic imine (C=N–C) groups is 1. The standard InChI is InChI=1S/C21H21N5O/c1-10-22-16-6-5-15-13(19(16)23-10)8-17(26-15)14-9-18-12(4-3-7-27-18)20-21(14)25-11(2)24-20/h5-6,8-9,20-21,26H,3-4,7H2,1-2H3,(H,22,23)(H,24,25). The largest absolute Gasteiger partial charge is 0.494 e. The van der Waals surface area contributed by atoms with E-state index in [-0.39, 0.29) is 12.1 Å². The zero-order valence-electron chi connectivity index (χ0n) is 15.4. The van der Waals surface area contributed by atoms with Crippen LogP contribution < -0.4 is 5.32 Å². The third-order valence-corrected chi connectivity index (χ3v) is 5.84. The predicted octanol–water partition coefficient (Wildman–Crippen LogP) is 3.57. The van der Waals surface area contributed by atoms with Crippen molar-refractivity contribution in [2.75, 3.05) is 6.61 Å². The number of hydrogen-bond acceptors (Lipinski definition) is 4. The monoisotopic (exact) mass is 359 g/mol. The highest BCUT2D eigenvalue weighted by Gasteiger charge is 2.39. The molecule has 0 saturated heterocycles. The molecule has 0 amide bonds. The van der Waals surface area contributed by atoms with Crippen LogP contribution in [0.15, 0.2) is 40.6 Å². The number of hydrogen-bond donors (Lipinski definition) is 3. The minimum Gasteiger partial charge on any atom is -0.494 e. The number of aromatic amines is 2. The van der Waals surface area contributed by atoms with Crippen molar-refractivity contribution >= 4 is 33.3 Å². The maximum atomic E-state index is 6.00. The van der Waals surface area contributed by atoms with Crippen LogP contribution in [-0.4, -0.2) is 39.5 Å². The number of rotatable bonds is 1. The number of aromatic nitrogens is 3. The number of nitrogens with zero attached hydrogens (tertiary/aromatic N) is 2. The molecule has 4 heterocycles. The molecule has 27 heavy (non-hydrogen) atoms. The lowest BCUT2D eigenvalue weighted by atomic mass is 9.84. The number of allylic oxidation sites excluding steroid dienone is 1. The second-order valence-electron chi connectivity index (χ2n) is 7.65. The van der Waals surface area contributed by atoms with Gasteiger partial charge in [-0.3, -0.25) is 4.99 Å². The van der Waals surface area contributed by atoms with Crippen molar-refractivity contribution in [3.63, 3.8) is 0 Å². The van der Waals surface area contributed by atoms with Gasteiger partial charge in [-0.25, -0.2) is 4.98 Å². The number of benzene rings is 1. The van der Waals surface area contributed by atoms with E-state index in [9.17, 15) is 0 Å². The molecule has 0 bridgehead atoms. The first-order chi connectivity index (χ1) is 13.2. The van der Waals surface area contributed by atoms with Crippen molar-refractivity contribution in [2.45, 2.75) is 38.8 Å². The molecule has 0 radical (unpaired) electrons. The first-order valence-electron chi connectivity index (χ1n) is 9.54. The van der Waals surface area contributed by atoms with Crippen molar-refractivity contribution in [1.29, 1.82) is 0 Å². The highest BCUT2D eigenvalue weighted by Crippen LogP contribution is 2.40. The molecule has 0 saturated carbocycles. The Morgan fingerprint density at radius 2 is 2.04 bits per heavy atom. The van der Waals surface area contributed by atoms with E-state index in [4.69, 9.17) is 9.73 Å². The van der Waals surface area contributed by atoms with Crippen molar-refractivity contribution in [3.05, 3.63) is 47.1 Å². The zero-order chi connectivity index (χ0) is 18.1. The molecule has 3 aromatic rings. The Morgan fingerprint density at radius 3 is 2.96 bits per heavy atom. The van der Waals surface area contributed by atoms with Crippen LogP contribution in [0.4, 0.5) is 0 Å². The van der Waals surface area contributed by atoms with Crippen molar-refractivity contribution in [2.24, 2.45) is 4.99 Å². The van der Waals surface area contributed by atoms with Crippen LogP contribution in [0.25, 0.3) is 27.5 Å². The Hall–Kier alpha value is -3.02. The number of ether oxygens (including phenoxy) is 1. The molecule has 3 aliphatic rings. The lowest BCUT2D eigenvalue weighted by Gasteiger charge is -2.32. The molecular weight excluding hydrogens is 338 g/mol. The Balaban J connectivity index is 1.54. The van der Waals surface area contributed by atoms with E-state index in [1.165, 1.54) is 11.1 Å². The van der Waals surface area contributed by atoms with E-state index in [0.29, 0.717) is 0 Å². The Labute approximate surface area is 156 Å². The average molecular weight is 359 g/mol. The molecule has 6 heteroatoms. The number of amidine groups is 1. The van der Waals surface area contributed by atoms with Crippen molar-refractivity contribution in [1.82, 2.24) is 20.3 Å². The van der Waals surface area contributed by atoms with E-state index in [2.05, 4.69) is 44.5 Å². The molecule has 2 unspecified atom stereocenters. The van der Waals surface area contributed by atoms with Crippen LogP contribution in [0.2, 0.25) is 0 Å². The van der Waals surface area contributed by atoms with Crippen molar-refractivity contribution < 1.29 is 4.74 Å². The fraction of sp³-hybridized carbons (Fsp3) is 0.333. The van der Waals surface area contributed by atoms with Gasteiger partial charge < -0.3 is 20.0 Å². The fourth-order valence-electron chi connectivity index (χ4n) is 4.67. The molecule has 2 aromatic heterocycles. The highest BCUT2D eigenvalue weighted by atomic mass is 16.5. The highest BCUT2D eigenvalue weighted by molar-refractivity contribution is 6.05. The summed E-state index contributed by atoms with van der Waals surface area (Å²) in [4.78, 5) is 16.5. The minimum atomic E-state index is 0.138. The smallest absolute Gasteiger partial charge is 0.121 e. The second kappa shape index (κ2) is 5.25. The van der Waals surface area contributed by atoms with Gasteiger partial charge in [0.25, 0.3) is 0 Å². The molecule has 6 rings (SSSR count). The van der Waals surface area contributed by atoms with Crippen molar-refractivity contribution in [3.8, 4) is 0 Å². The first kappa shape index (κ1) is 15.1. The number of imidazole rings is 1. The van der Waals surface area contributed by atoms with Gasteiger partial charge in [0.1, 0.15) is 17.6 Å². The summed E-state index contributed by atoms with van der Waals surface area (Å²) >= 11 is 0. The van der Waals surface area contributed by atoms with Crippen LogP contribution in [0.5, 0.6) is 0 Å². The summed E-state index contributed by atoms with van der Waals surface area (Å²) in [5, 5.41) is 4.72. The summed E-state index contributed by atoms with van der Waals surface area (Å²) in [6.45, 7) is 4.82. The van der Waals surface area contributed by atoms with Gasteiger partial charge in [-0.05, 0) is 56.5 Å². The lowest BCUT2D eigenvalue weighted by Crippen LogP contribution is -2.39. The number of nitrogens with one attached hydrogen (secondary N) is 3. The maximum absolute atomic E-state index is 6.00. The molecule has 136 valence electrons. The van der Waals surface area contributed by atoms with E-state index < -0.39 is 0 Å². The summed E-state index contributed by atoms with van der Waals surface area (Å²) in [5.74, 6) is 2.94. The van der Waals surface area contributed by atoms with Gasteiger partial charge >= 0.3 is 0 Å². The molecule has 3 N–H and O–H groups in total. The Morgan fingerprint density at radius 1 is 1.15 bits per heavy atom. The van der Waals surface area contributed by atoms with Crippen LogP contribution in [-0.2, 0) is 4.74 Å². The van der Waals surface area contributed by atoms with Crippen LogP contribution in [0.1, 0.15) is 31.3 Å². The summed E-state index contributed by atoms with van der Waals surface area (Å²) in [6, 6.07) is 6.71. The second-order valence-corrected chi connectivity index (χ2v) is 7.65. The molecule has 6 nitrogen and oxygen atoms in total. The van der Waals surface area contributed by atoms with E-state index >= 15 is 0 Å². The molecule has 1 aromatic carbocycles. The van der Waals surface area contributed by atoms with E-state index in [0.717, 1.165) is 64.5 Å². The molecule has 2 atom stereocenters. The average Bonchev–Trinajstić information content (AvgIpc) is 3.35. The van der Waals surface area contributed by atoms with Gasteiger partial charge in [0.05, 0.1) is 29.5 Å². The van der Waals surface area contributed by atoms with Crippen LogP contribution >= 0.6 is 0 Å². The molecule has 0 fully saturated rings. The normalized spacial score (nSPS) is 24.4. The van der Waals surface area contributed by atoms with Gasteiger partial charge in [-0.15, -0.1) is 0 Å². The van der Waals surface area contributed by atoms with Gasteiger partial charge in [0, 0.05) is 22.2 Å². The van der Waals surface area contributed by atoms with Gasteiger partial charge in [0.2, 0.25) is 0 Å². The van der Waals surface area contributed by atoms with E-state index in [1.54, 1.807) is 0 Å². The third-order valence-electron chi connectivity index (χ3n) is 5.84. The summed E-state index contributed by atoms with van der Waals surface area (Å²) in [7, 11) is 0. The fourth-order valence-corrected chi connectivity index (χ4v) is 4.67. The summed E-state index contributed by atoms with van der Waals surface area (Å²) < 4.78 is 6.00. The topological polar surface area (TPSA) is 78.1 Å². The molecular formula is C21H21N5O. The number of H-pyrrole nitrogens is 2. The quantitative estimate of drug-likeness (QED) is 0.621.